The molecule has 1 aliphatic carbocycles. The molecule has 1 atom stereocenters. The highest BCUT2D eigenvalue weighted by Crippen LogP contribution is 2.52. The minimum atomic E-state index is -0.649. The topological polar surface area (TPSA) is 68.7 Å². The van der Waals surface area contributed by atoms with Crippen LogP contribution in [0.15, 0.2) is 0 Å². The highest BCUT2D eigenvalue weighted by molar-refractivity contribution is 7.79. The Kier molecular flexibility index (Phi) is 9.00. The summed E-state index contributed by atoms with van der Waals surface area (Å²) in [5, 5.41) is 11.0. The Balaban J connectivity index is 0.000000513. The molecule has 6 heteroatoms. The highest BCUT2D eigenvalue weighted by atomic mass is 32.1. The Morgan fingerprint density at radius 3 is 2.26 bits per heavy atom. The van der Waals surface area contributed by atoms with Crippen LogP contribution in [0.4, 0.5) is 0 Å². The van der Waals surface area contributed by atoms with Crippen molar-refractivity contribution in [3.05, 3.63) is 28.1 Å². The summed E-state index contributed by atoms with van der Waals surface area (Å²) in [5.74, 6) is -0.156. The molecule has 4 rings (SSSR count). The molecular formula is C25H41NO4S. The van der Waals surface area contributed by atoms with Gasteiger partial charge < -0.3 is 14.6 Å². The summed E-state index contributed by atoms with van der Waals surface area (Å²) < 4.78 is 11.5. The molecule has 1 unspecified atom stereocenters. The Morgan fingerprint density at radius 1 is 1.16 bits per heavy atom. The van der Waals surface area contributed by atoms with Crippen LogP contribution < -0.4 is 0 Å². The average Bonchev–Trinajstić information content (AvgIpc) is 2.99. The van der Waals surface area contributed by atoms with E-state index in [2.05, 4.69) is 54.2 Å². The monoisotopic (exact) mass is 451 g/mol. The molecule has 1 aromatic heterocycles. The van der Waals surface area contributed by atoms with Crippen molar-refractivity contribution in [2.24, 2.45) is 5.41 Å². The van der Waals surface area contributed by atoms with Crippen molar-refractivity contribution in [2.75, 3.05) is 19.5 Å². The van der Waals surface area contributed by atoms with Crippen molar-refractivity contribution >= 4 is 18.6 Å². The Labute approximate surface area is 193 Å². The third-order valence-corrected chi connectivity index (χ3v) is 6.36. The van der Waals surface area contributed by atoms with Gasteiger partial charge in [-0.1, -0.05) is 54.4 Å². The average molecular weight is 452 g/mol. The summed E-state index contributed by atoms with van der Waals surface area (Å²) in [6.45, 7) is 13.9. The molecule has 1 aromatic rings. The Morgan fingerprint density at radius 2 is 1.74 bits per heavy atom. The van der Waals surface area contributed by atoms with Gasteiger partial charge in [0.05, 0.1) is 30.6 Å². The second kappa shape index (κ2) is 10.7. The third kappa shape index (κ3) is 5.28. The van der Waals surface area contributed by atoms with E-state index in [1.54, 1.807) is 6.26 Å². The molecule has 31 heavy (non-hydrogen) atoms. The lowest BCUT2D eigenvalue weighted by molar-refractivity contribution is -0.0750. The standard InChI is InChI=1S/C20H27NO4.C4H10.CH4S/c1-11(2)17-15-16(20(25-18(15)23)5-7-24-8-6-20)14-12(21-17)9-19(3,4)10-13(14)22;1-3-4-2;1-2/h11,13,22H,5-10H2,1-4H3;3-4H2,1-2H3;2H,1H3. The SMILES string of the molecule is CC(C)c1nc2c(c3c1C(=O)OC31CCOCC1)C(O)CC(C)(C)C2.CCCC.CS. The number of aliphatic hydroxyl groups is 1. The molecule has 0 bridgehead atoms. The zero-order valence-electron chi connectivity index (χ0n) is 20.4. The summed E-state index contributed by atoms with van der Waals surface area (Å²) in [6, 6.07) is 0. The van der Waals surface area contributed by atoms with Gasteiger partial charge in [0.1, 0.15) is 5.60 Å². The molecule has 0 radical (unpaired) electrons. The van der Waals surface area contributed by atoms with Crippen LogP contribution in [0.5, 0.6) is 0 Å². The van der Waals surface area contributed by atoms with Gasteiger partial charge in [0, 0.05) is 29.7 Å². The Bertz CT molecular complexity index is 767. The van der Waals surface area contributed by atoms with E-state index in [0.29, 0.717) is 38.0 Å². The number of carbonyl (C=O) groups excluding carboxylic acids is 1. The maximum Gasteiger partial charge on any atom is 0.341 e. The number of pyridine rings is 1. The zero-order valence-corrected chi connectivity index (χ0v) is 21.3. The predicted molar refractivity (Wildman–Crippen MR) is 128 cm³/mol. The molecule has 1 saturated heterocycles. The number of unbranched alkanes of at least 4 members (excludes halogenated alkanes) is 1. The first-order valence-corrected chi connectivity index (χ1v) is 12.6. The lowest BCUT2D eigenvalue weighted by Crippen LogP contribution is -2.37. The maximum absolute atomic E-state index is 12.8. The molecular weight excluding hydrogens is 410 g/mol. The first kappa shape index (κ1) is 26.1. The maximum atomic E-state index is 12.8. The smallest absolute Gasteiger partial charge is 0.341 e. The molecule has 1 spiro atoms. The van der Waals surface area contributed by atoms with E-state index in [-0.39, 0.29) is 17.3 Å². The number of thiol groups is 1. The summed E-state index contributed by atoms with van der Waals surface area (Å²) in [4.78, 5) is 17.7. The van der Waals surface area contributed by atoms with Crippen molar-refractivity contribution in [3.63, 3.8) is 0 Å². The van der Waals surface area contributed by atoms with E-state index in [1.807, 2.05) is 0 Å². The first-order chi connectivity index (χ1) is 14.7. The normalized spacial score (nSPS) is 22.5. The molecule has 2 aliphatic heterocycles. The summed E-state index contributed by atoms with van der Waals surface area (Å²) in [5.41, 5.74) is 3.47. The number of hydrogen-bond donors (Lipinski definition) is 2. The fraction of sp³-hybridized carbons (Fsp3) is 0.760. The van der Waals surface area contributed by atoms with Crippen molar-refractivity contribution in [1.82, 2.24) is 4.98 Å². The van der Waals surface area contributed by atoms with Crippen molar-refractivity contribution in [2.45, 2.75) is 97.7 Å². The molecule has 0 aromatic carbocycles. The van der Waals surface area contributed by atoms with Crippen molar-refractivity contribution in [1.29, 1.82) is 0 Å². The van der Waals surface area contributed by atoms with E-state index in [9.17, 15) is 9.90 Å². The van der Waals surface area contributed by atoms with Crippen LogP contribution in [0.1, 0.15) is 119 Å². The molecule has 0 amide bonds. The lowest BCUT2D eigenvalue weighted by Gasteiger charge is -2.39. The molecule has 1 N–H and O–H groups in total. The number of hydrogen-bond acceptors (Lipinski definition) is 6. The second-order valence-corrected chi connectivity index (χ2v) is 9.82. The van der Waals surface area contributed by atoms with Gasteiger partial charge in [0.25, 0.3) is 0 Å². The van der Waals surface area contributed by atoms with Gasteiger partial charge in [-0.3, -0.25) is 4.98 Å². The van der Waals surface area contributed by atoms with Gasteiger partial charge in [-0.15, -0.1) is 0 Å². The van der Waals surface area contributed by atoms with Crippen LogP contribution in [0, 0.1) is 5.41 Å². The van der Waals surface area contributed by atoms with Crippen molar-refractivity contribution < 1.29 is 19.4 Å². The molecule has 1 fully saturated rings. The van der Waals surface area contributed by atoms with Crippen LogP contribution in [0.25, 0.3) is 0 Å². The number of carbonyl (C=O) groups is 1. The quantitative estimate of drug-likeness (QED) is 0.443. The number of nitrogens with zero attached hydrogens (tertiary/aromatic N) is 1. The van der Waals surface area contributed by atoms with Gasteiger partial charge >= 0.3 is 5.97 Å². The number of rotatable bonds is 2. The number of ether oxygens (including phenoxy) is 2. The fourth-order valence-electron chi connectivity index (χ4n) is 4.74. The lowest BCUT2D eigenvalue weighted by atomic mass is 9.70. The van der Waals surface area contributed by atoms with Crippen LogP contribution in [-0.2, 0) is 21.5 Å². The van der Waals surface area contributed by atoms with Gasteiger partial charge in [-0.2, -0.15) is 12.6 Å². The van der Waals surface area contributed by atoms with Crippen LogP contribution in [-0.4, -0.2) is 35.5 Å². The third-order valence-electron chi connectivity index (χ3n) is 6.36. The van der Waals surface area contributed by atoms with Gasteiger partial charge in [-0.25, -0.2) is 4.79 Å². The number of esters is 1. The fourth-order valence-corrected chi connectivity index (χ4v) is 4.74. The molecule has 3 heterocycles. The molecule has 176 valence electrons. The van der Waals surface area contributed by atoms with Crippen LogP contribution in [0.3, 0.4) is 0 Å². The summed E-state index contributed by atoms with van der Waals surface area (Å²) in [7, 11) is 0. The van der Waals surface area contributed by atoms with E-state index in [1.165, 1.54) is 12.8 Å². The second-order valence-electron chi connectivity index (χ2n) is 9.82. The largest absolute Gasteiger partial charge is 0.450 e. The van der Waals surface area contributed by atoms with E-state index < -0.39 is 11.7 Å². The molecule has 3 aliphatic rings. The van der Waals surface area contributed by atoms with E-state index in [0.717, 1.165) is 28.9 Å². The predicted octanol–water partition coefficient (Wildman–Crippen LogP) is 5.74. The minimum absolute atomic E-state index is 0.00574. The molecule has 5 nitrogen and oxygen atoms in total. The zero-order chi connectivity index (χ0) is 23.4. The number of fused-ring (bicyclic) bond motifs is 4. The summed E-state index contributed by atoms with van der Waals surface area (Å²) in [6.07, 6.45) is 6.52. The van der Waals surface area contributed by atoms with Crippen LogP contribution >= 0.6 is 12.6 Å². The van der Waals surface area contributed by atoms with Gasteiger partial charge in [0.2, 0.25) is 0 Å². The Hall–Kier alpha value is -1.11. The van der Waals surface area contributed by atoms with Gasteiger partial charge in [-0.05, 0) is 30.4 Å². The van der Waals surface area contributed by atoms with Gasteiger partial charge in [0.15, 0.2) is 0 Å². The van der Waals surface area contributed by atoms with Crippen LogP contribution in [0.2, 0.25) is 0 Å². The number of aliphatic hydroxyl groups excluding tert-OH is 1. The minimum Gasteiger partial charge on any atom is -0.450 e. The number of aromatic nitrogens is 1. The van der Waals surface area contributed by atoms with E-state index in [4.69, 9.17) is 14.5 Å². The summed E-state index contributed by atoms with van der Waals surface area (Å²) >= 11 is 3.53. The van der Waals surface area contributed by atoms with E-state index >= 15 is 0 Å². The van der Waals surface area contributed by atoms with Crippen molar-refractivity contribution in [3.8, 4) is 0 Å². The first-order valence-electron chi connectivity index (χ1n) is 11.7. The molecule has 0 saturated carbocycles. The highest BCUT2D eigenvalue weighted by Gasteiger charge is 2.52.